The Hall–Kier alpha value is -2.90. The van der Waals surface area contributed by atoms with Gasteiger partial charge in [-0.3, -0.25) is 4.79 Å². The van der Waals surface area contributed by atoms with Gasteiger partial charge >= 0.3 is 0 Å². The van der Waals surface area contributed by atoms with Crippen LogP contribution >= 0.6 is 0 Å². The molecule has 0 spiro atoms. The van der Waals surface area contributed by atoms with Crippen LogP contribution < -0.4 is 14.8 Å². The first kappa shape index (κ1) is 20.8. The van der Waals surface area contributed by atoms with Crippen molar-refractivity contribution in [1.29, 1.82) is 0 Å². The number of ether oxygens (including phenoxy) is 1. The van der Waals surface area contributed by atoms with Crippen molar-refractivity contribution >= 4 is 32.4 Å². The van der Waals surface area contributed by atoms with Gasteiger partial charge in [-0.2, -0.15) is 0 Å². The second kappa shape index (κ2) is 9.07. The summed E-state index contributed by atoms with van der Waals surface area (Å²) in [5.74, 6) is 0.122. The molecule has 0 aliphatic rings. The summed E-state index contributed by atoms with van der Waals surface area (Å²) in [6, 6.07) is 19.3. The van der Waals surface area contributed by atoms with E-state index in [9.17, 15) is 13.2 Å². The molecule has 7 heteroatoms. The Morgan fingerprint density at radius 3 is 2.41 bits per heavy atom. The number of benzene rings is 3. The first-order valence-corrected chi connectivity index (χ1v) is 10.9. The highest BCUT2D eigenvalue weighted by Crippen LogP contribution is 2.23. The molecule has 0 saturated heterocycles. The highest BCUT2D eigenvalue weighted by molar-refractivity contribution is 7.89. The van der Waals surface area contributed by atoms with Crippen molar-refractivity contribution in [3.05, 3.63) is 66.7 Å². The topological polar surface area (TPSA) is 84.5 Å². The molecule has 2 N–H and O–H groups in total. The summed E-state index contributed by atoms with van der Waals surface area (Å²) in [4.78, 5) is 12.4. The van der Waals surface area contributed by atoms with Gasteiger partial charge in [0.15, 0.2) is 6.61 Å². The molecule has 3 aromatic carbocycles. The van der Waals surface area contributed by atoms with Crippen LogP contribution in [0.5, 0.6) is 5.75 Å². The van der Waals surface area contributed by atoms with Crippen LogP contribution in [0.3, 0.4) is 0 Å². The van der Waals surface area contributed by atoms with Crippen molar-refractivity contribution in [1.82, 2.24) is 4.72 Å². The van der Waals surface area contributed by atoms with Gasteiger partial charge < -0.3 is 10.1 Å². The van der Waals surface area contributed by atoms with E-state index >= 15 is 0 Å². The van der Waals surface area contributed by atoms with E-state index in [1.807, 2.05) is 56.3 Å². The highest BCUT2D eigenvalue weighted by Gasteiger charge is 2.16. The zero-order valence-electron chi connectivity index (χ0n) is 16.4. The van der Waals surface area contributed by atoms with Crippen molar-refractivity contribution in [2.24, 2.45) is 0 Å². The predicted octanol–water partition coefficient (Wildman–Crippen LogP) is 3.93. The molecule has 0 unspecified atom stereocenters. The molecule has 3 aromatic rings. The number of carbonyl (C=O) groups is 1. The predicted molar refractivity (Wildman–Crippen MR) is 115 cm³/mol. The number of sulfonamides is 1. The van der Waals surface area contributed by atoms with Crippen molar-refractivity contribution in [3.8, 4) is 5.75 Å². The largest absolute Gasteiger partial charge is 0.484 e. The summed E-state index contributed by atoms with van der Waals surface area (Å²) in [6.45, 7) is 3.54. The van der Waals surface area contributed by atoms with Crippen LogP contribution in [0, 0.1) is 0 Å². The van der Waals surface area contributed by atoms with Crippen LogP contribution in [0.1, 0.15) is 20.3 Å². The summed E-state index contributed by atoms with van der Waals surface area (Å²) in [5, 5.41) is 4.84. The van der Waals surface area contributed by atoms with Gasteiger partial charge in [-0.05, 0) is 49.1 Å². The quantitative estimate of drug-likeness (QED) is 0.587. The molecule has 6 nitrogen and oxygen atoms in total. The van der Waals surface area contributed by atoms with Gasteiger partial charge in [0.2, 0.25) is 10.0 Å². The normalized spacial score (nSPS) is 12.5. The number of fused-ring (bicyclic) bond motifs is 1. The molecule has 0 radical (unpaired) electrons. The molecule has 0 aromatic heterocycles. The van der Waals surface area contributed by atoms with Gasteiger partial charge in [-0.25, -0.2) is 13.1 Å². The molecule has 0 saturated carbocycles. The molecule has 0 heterocycles. The molecule has 1 amide bonds. The summed E-state index contributed by atoms with van der Waals surface area (Å²) in [5.41, 5.74) is 0.717. The molecule has 0 aliphatic heterocycles. The smallest absolute Gasteiger partial charge is 0.262 e. The van der Waals surface area contributed by atoms with E-state index in [1.54, 1.807) is 0 Å². The zero-order valence-corrected chi connectivity index (χ0v) is 17.2. The molecule has 29 heavy (non-hydrogen) atoms. The first-order chi connectivity index (χ1) is 13.9. The average molecular weight is 413 g/mol. The van der Waals surface area contributed by atoms with Crippen LogP contribution in [-0.4, -0.2) is 27.0 Å². The Kier molecular flexibility index (Phi) is 6.51. The molecular weight excluding hydrogens is 388 g/mol. The molecule has 152 valence electrons. The Balaban J connectivity index is 1.60. The Bertz CT molecular complexity index is 1090. The lowest BCUT2D eigenvalue weighted by atomic mass is 10.1. The van der Waals surface area contributed by atoms with Gasteiger partial charge in [0.1, 0.15) is 5.75 Å². The van der Waals surface area contributed by atoms with Crippen LogP contribution in [0.15, 0.2) is 71.6 Å². The van der Waals surface area contributed by atoms with Crippen molar-refractivity contribution in [2.45, 2.75) is 31.2 Å². The van der Waals surface area contributed by atoms with E-state index in [-0.39, 0.29) is 23.5 Å². The maximum absolute atomic E-state index is 12.3. The number of hydrogen-bond acceptors (Lipinski definition) is 4. The van der Waals surface area contributed by atoms with Crippen molar-refractivity contribution in [2.75, 3.05) is 11.9 Å². The molecule has 0 aliphatic carbocycles. The van der Waals surface area contributed by atoms with Gasteiger partial charge in [-0.1, -0.05) is 43.3 Å². The minimum absolute atomic E-state index is 0.145. The Morgan fingerprint density at radius 2 is 1.69 bits per heavy atom. The van der Waals surface area contributed by atoms with E-state index in [0.717, 1.165) is 10.8 Å². The van der Waals surface area contributed by atoms with Crippen molar-refractivity contribution < 1.29 is 17.9 Å². The summed E-state index contributed by atoms with van der Waals surface area (Å²) >= 11 is 0. The minimum Gasteiger partial charge on any atom is -0.484 e. The maximum atomic E-state index is 12.3. The van der Waals surface area contributed by atoms with E-state index in [4.69, 9.17) is 4.74 Å². The van der Waals surface area contributed by atoms with E-state index in [1.165, 1.54) is 24.3 Å². The standard InChI is InChI=1S/C22H24N2O4S/c1-3-16(2)24-29(26,27)19-13-11-18(12-14-19)28-15-22(25)23-21-10-6-8-17-7-4-5-9-20(17)21/h4-14,16,24H,3,15H2,1-2H3,(H,23,25)/t16-/m0/s1. The maximum Gasteiger partial charge on any atom is 0.262 e. The Labute approximate surface area is 170 Å². The molecule has 3 rings (SSSR count). The summed E-state index contributed by atoms with van der Waals surface area (Å²) < 4.78 is 32.6. The third-order valence-electron chi connectivity index (χ3n) is 4.54. The van der Waals surface area contributed by atoms with E-state index in [0.29, 0.717) is 17.9 Å². The molecule has 0 bridgehead atoms. The highest BCUT2D eigenvalue weighted by atomic mass is 32.2. The van der Waals surface area contributed by atoms with Gasteiger partial charge in [0.25, 0.3) is 5.91 Å². The van der Waals surface area contributed by atoms with Crippen LogP contribution in [0.2, 0.25) is 0 Å². The van der Waals surface area contributed by atoms with Crippen LogP contribution in [0.4, 0.5) is 5.69 Å². The zero-order chi connectivity index (χ0) is 20.9. The van der Waals surface area contributed by atoms with Gasteiger partial charge in [0.05, 0.1) is 4.90 Å². The lowest BCUT2D eigenvalue weighted by molar-refractivity contribution is -0.118. The number of carbonyl (C=O) groups excluding carboxylic acids is 1. The van der Waals surface area contributed by atoms with Crippen LogP contribution in [-0.2, 0) is 14.8 Å². The fraction of sp³-hybridized carbons (Fsp3) is 0.227. The second-order valence-electron chi connectivity index (χ2n) is 6.77. The number of nitrogens with one attached hydrogen (secondary N) is 2. The van der Waals surface area contributed by atoms with Gasteiger partial charge in [-0.15, -0.1) is 0 Å². The monoisotopic (exact) mass is 412 g/mol. The average Bonchev–Trinajstić information content (AvgIpc) is 2.72. The van der Waals surface area contributed by atoms with Gasteiger partial charge in [0, 0.05) is 17.1 Å². The number of rotatable bonds is 8. The molecule has 1 atom stereocenters. The van der Waals surface area contributed by atoms with E-state index in [2.05, 4.69) is 10.0 Å². The SMILES string of the molecule is CC[C@H](C)NS(=O)(=O)c1ccc(OCC(=O)Nc2cccc3ccccc23)cc1. The number of hydrogen-bond donors (Lipinski definition) is 2. The molecular formula is C22H24N2O4S. The number of anilines is 1. The lowest BCUT2D eigenvalue weighted by Gasteiger charge is -2.13. The lowest BCUT2D eigenvalue weighted by Crippen LogP contribution is -2.31. The minimum atomic E-state index is -3.57. The van der Waals surface area contributed by atoms with E-state index < -0.39 is 10.0 Å². The third kappa shape index (κ3) is 5.34. The fourth-order valence-corrected chi connectivity index (χ4v) is 4.13. The second-order valence-corrected chi connectivity index (χ2v) is 8.48. The fourth-order valence-electron chi connectivity index (χ4n) is 2.80. The van der Waals surface area contributed by atoms with Crippen LogP contribution in [0.25, 0.3) is 10.8 Å². The summed E-state index contributed by atoms with van der Waals surface area (Å²) in [6.07, 6.45) is 0.701. The third-order valence-corrected chi connectivity index (χ3v) is 6.14. The first-order valence-electron chi connectivity index (χ1n) is 9.42. The van der Waals surface area contributed by atoms with Crippen molar-refractivity contribution in [3.63, 3.8) is 0 Å². The number of amides is 1. The molecule has 0 fully saturated rings. The summed E-state index contributed by atoms with van der Waals surface area (Å²) in [7, 11) is -3.57. The Morgan fingerprint density at radius 1 is 1.00 bits per heavy atom.